The fourth-order valence-electron chi connectivity index (χ4n) is 3.51. The molecule has 1 fully saturated rings. The Hall–Kier alpha value is -3.32. The maximum atomic E-state index is 12.7. The minimum absolute atomic E-state index is 0.00399. The summed E-state index contributed by atoms with van der Waals surface area (Å²) in [5.41, 5.74) is 2.67. The van der Waals surface area contributed by atoms with Crippen LogP contribution < -0.4 is 5.32 Å². The second-order valence-electron chi connectivity index (χ2n) is 6.89. The van der Waals surface area contributed by atoms with Gasteiger partial charge in [0.25, 0.3) is 5.91 Å². The third-order valence-electron chi connectivity index (χ3n) is 5.02. The number of hydrogen-bond acceptors (Lipinski definition) is 5. The predicted molar refractivity (Wildman–Crippen MR) is 108 cm³/mol. The molecule has 2 aromatic heterocycles. The molecule has 0 bridgehead atoms. The molecule has 1 aliphatic heterocycles. The van der Waals surface area contributed by atoms with E-state index >= 15 is 0 Å². The summed E-state index contributed by atoms with van der Waals surface area (Å²) in [6.45, 7) is 1.34. The molecule has 29 heavy (non-hydrogen) atoms. The van der Waals surface area contributed by atoms with Gasteiger partial charge in [-0.1, -0.05) is 24.3 Å². The molecule has 1 aromatic carbocycles. The van der Waals surface area contributed by atoms with Gasteiger partial charge in [0, 0.05) is 30.9 Å². The van der Waals surface area contributed by atoms with E-state index in [-0.39, 0.29) is 24.3 Å². The highest BCUT2D eigenvalue weighted by atomic mass is 16.5. The summed E-state index contributed by atoms with van der Waals surface area (Å²) in [6, 6.07) is 14.8. The zero-order valence-electron chi connectivity index (χ0n) is 16.2. The Morgan fingerprint density at radius 2 is 2.03 bits per heavy atom. The molecule has 0 saturated carbocycles. The number of carbonyl (C=O) groups is 2. The van der Waals surface area contributed by atoms with E-state index in [0.717, 1.165) is 16.6 Å². The van der Waals surface area contributed by atoms with Crippen molar-refractivity contribution in [2.45, 2.75) is 12.5 Å². The van der Waals surface area contributed by atoms with E-state index in [4.69, 9.17) is 9.72 Å². The molecule has 4 rings (SSSR count). The Morgan fingerprint density at radius 3 is 2.83 bits per heavy atom. The maximum Gasteiger partial charge on any atom is 0.251 e. The van der Waals surface area contributed by atoms with Gasteiger partial charge in [0.2, 0.25) is 5.91 Å². The van der Waals surface area contributed by atoms with Gasteiger partial charge in [-0.15, -0.1) is 0 Å². The van der Waals surface area contributed by atoms with E-state index in [1.807, 2.05) is 42.5 Å². The first-order valence-electron chi connectivity index (χ1n) is 9.57. The van der Waals surface area contributed by atoms with Crippen LogP contribution in [-0.4, -0.2) is 53.4 Å². The van der Waals surface area contributed by atoms with Crippen LogP contribution >= 0.6 is 0 Å². The minimum Gasteiger partial charge on any atom is -0.368 e. The third kappa shape index (κ3) is 4.09. The molecular weight excluding hydrogens is 368 g/mol. The van der Waals surface area contributed by atoms with E-state index in [1.165, 1.54) is 0 Å². The van der Waals surface area contributed by atoms with E-state index < -0.39 is 0 Å². The number of benzene rings is 1. The first-order chi connectivity index (χ1) is 14.2. The SMILES string of the molecule is CNC(=O)c1cc([C@H]2CN(C(=O)Cc3ccccn3)CCO2)nc2ccccc12. The van der Waals surface area contributed by atoms with Crippen molar-refractivity contribution < 1.29 is 14.3 Å². The second kappa shape index (κ2) is 8.36. The van der Waals surface area contributed by atoms with Gasteiger partial charge in [-0.05, 0) is 24.3 Å². The highest BCUT2D eigenvalue weighted by Crippen LogP contribution is 2.26. The highest BCUT2D eigenvalue weighted by molar-refractivity contribution is 6.06. The molecule has 1 atom stereocenters. The van der Waals surface area contributed by atoms with Gasteiger partial charge in [0.15, 0.2) is 0 Å². The lowest BCUT2D eigenvalue weighted by atomic mass is 10.0. The first kappa shape index (κ1) is 19.0. The standard InChI is InChI=1S/C22H22N4O3/c1-23-22(28)17-13-19(25-18-8-3-2-7-16(17)18)20-14-26(10-11-29-20)21(27)12-15-6-4-5-9-24-15/h2-9,13,20H,10-12,14H2,1H3,(H,23,28)/t20-/m1/s1. The Balaban J connectivity index is 1.58. The molecule has 0 aliphatic carbocycles. The van der Waals surface area contributed by atoms with E-state index in [0.29, 0.717) is 31.0 Å². The van der Waals surface area contributed by atoms with Crippen LogP contribution in [0.1, 0.15) is 27.8 Å². The topological polar surface area (TPSA) is 84.4 Å². The fraction of sp³-hybridized carbons (Fsp3) is 0.273. The Bertz CT molecular complexity index is 1040. The number of pyridine rings is 2. The van der Waals surface area contributed by atoms with Crippen molar-refractivity contribution in [3.8, 4) is 0 Å². The van der Waals surface area contributed by atoms with Crippen LogP contribution in [0.5, 0.6) is 0 Å². The van der Waals surface area contributed by atoms with Crippen molar-refractivity contribution in [2.75, 3.05) is 26.7 Å². The lowest BCUT2D eigenvalue weighted by Gasteiger charge is -2.33. The van der Waals surface area contributed by atoms with Crippen LogP contribution in [0.15, 0.2) is 54.7 Å². The van der Waals surface area contributed by atoms with Crippen LogP contribution in [0.4, 0.5) is 0 Å². The van der Waals surface area contributed by atoms with Gasteiger partial charge in [0.1, 0.15) is 6.10 Å². The van der Waals surface area contributed by atoms with Crippen molar-refractivity contribution in [1.29, 1.82) is 0 Å². The average molecular weight is 390 g/mol. The number of hydrogen-bond donors (Lipinski definition) is 1. The molecule has 0 unspecified atom stereocenters. The van der Waals surface area contributed by atoms with Crippen molar-refractivity contribution in [3.63, 3.8) is 0 Å². The van der Waals surface area contributed by atoms with Gasteiger partial charge < -0.3 is 15.0 Å². The summed E-state index contributed by atoms with van der Waals surface area (Å²) in [4.78, 5) is 35.8. The molecule has 1 N–H and O–H groups in total. The van der Waals surface area contributed by atoms with Gasteiger partial charge in [-0.25, -0.2) is 4.98 Å². The van der Waals surface area contributed by atoms with Crippen LogP contribution in [-0.2, 0) is 16.0 Å². The number of morpholine rings is 1. The number of nitrogens with zero attached hydrogens (tertiary/aromatic N) is 3. The van der Waals surface area contributed by atoms with E-state index in [9.17, 15) is 9.59 Å². The van der Waals surface area contributed by atoms with Gasteiger partial charge in [-0.2, -0.15) is 0 Å². The molecule has 0 radical (unpaired) electrons. The van der Waals surface area contributed by atoms with Crippen LogP contribution in [0, 0.1) is 0 Å². The Labute approximate surface area is 168 Å². The Morgan fingerprint density at radius 1 is 1.21 bits per heavy atom. The number of aromatic nitrogens is 2. The molecule has 1 saturated heterocycles. The molecule has 1 aliphatic rings. The molecule has 0 spiro atoms. The van der Waals surface area contributed by atoms with Crippen LogP contribution in [0.3, 0.4) is 0 Å². The lowest BCUT2D eigenvalue weighted by molar-refractivity contribution is -0.138. The van der Waals surface area contributed by atoms with E-state index in [2.05, 4.69) is 10.3 Å². The average Bonchev–Trinajstić information content (AvgIpc) is 2.78. The smallest absolute Gasteiger partial charge is 0.251 e. The molecule has 7 heteroatoms. The number of nitrogens with one attached hydrogen (secondary N) is 1. The Kier molecular flexibility index (Phi) is 5.48. The van der Waals surface area contributed by atoms with Crippen molar-refractivity contribution in [1.82, 2.24) is 20.2 Å². The van der Waals surface area contributed by atoms with E-state index in [1.54, 1.807) is 24.2 Å². The normalized spacial score (nSPS) is 16.6. The summed E-state index contributed by atoms with van der Waals surface area (Å²) in [5, 5.41) is 3.47. The summed E-state index contributed by atoms with van der Waals surface area (Å²) >= 11 is 0. The largest absolute Gasteiger partial charge is 0.368 e. The van der Waals surface area contributed by atoms with Crippen molar-refractivity contribution in [3.05, 3.63) is 71.7 Å². The first-order valence-corrected chi connectivity index (χ1v) is 9.57. The number of carbonyl (C=O) groups excluding carboxylic acids is 2. The lowest BCUT2D eigenvalue weighted by Crippen LogP contribution is -2.43. The zero-order chi connectivity index (χ0) is 20.2. The summed E-state index contributed by atoms with van der Waals surface area (Å²) in [7, 11) is 1.60. The molecular formula is C22H22N4O3. The van der Waals surface area contributed by atoms with Gasteiger partial charge >= 0.3 is 0 Å². The van der Waals surface area contributed by atoms with Gasteiger partial charge in [-0.3, -0.25) is 14.6 Å². The maximum absolute atomic E-state index is 12.7. The molecule has 3 heterocycles. The summed E-state index contributed by atoms with van der Waals surface area (Å²) < 4.78 is 5.91. The predicted octanol–water partition coefficient (Wildman–Crippen LogP) is 2.13. The minimum atomic E-state index is -0.385. The number of ether oxygens (including phenoxy) is 1. The van der Waals surface area contributed by atoms with Gasteiger partial charge in [0.05, 0.1) is 36.3 Å². The summed E-state index contributed by atoms with van der Waals surface area (Å²) in [5.74, 6) is -0.173. The second-order valence-corrected chi connectivity index (χ2v) is 6.89. The highest BCUT2D eigenvalue weighted by Gasteiger charge is 2.27. The van der Waals surface area contributed by atoms with Crippen molar-refractivity contribution >= 4 is 22.7 Å². The fourth-order valence-corrected chi connectivity index (χ4v) is 3.51. The molecule has 2 amide bonds. The number of para-hydroxylation sites is 1. The number of fused-ring (bicyclic) bond motifs is 1. The monoisotopic (exact) mass is 390 g/mol. The zero-order valence-corrected chi connectivity index (χ0v) is 16.2. The molecule has 3 aromatic rings. The molecule has 7 nitrogen and oxygen atoms in total. The quantitative estimate of drug-likeness (QED) is 0.738. The summed E-state index contributed by atoms with van der Waals surface area (Å²) in [6.07, 6.45) is 1.55. The van der Waals surface area contributed by atoms with Crippen LogP contribution in [0.25, 0.3) is 10.9 Å². The van der Waals surface area contributed by atoms with Crippen LogP contribution in [0.2, 0.25) is 0 Å². The third-order valence-corrected chi connectivity index (χ3v) is 5.02. The number of rotatable bonds is 4. The number of amides is 2. The van der Waals surface area contributed by atoms with Crippen molar-refractivity contribution in [2.24, 2.45) is 0 Å². The molecule has 148 valence electrons.